The summed E-state index contributed by atoms with van der Waals surface area (Å²) < 4.78 is 17.9. The van der Waals surface area contributed by atoms with Crippen LogP contribution in [-0.2, 0) is 13.3 Å². The van der Waals surface area contributed by atoms with E-state index in [1.165, 1.54) is 0 Å². The largest absolute Gasteiger partial charge is 0.504 e. The Balaban J connectivity index is 2.70. The smallest absolute Gasteiger partial charge is 0.374 e. The van der Waals surface area contributed by atoms with Gasteiger partial charge < -0.3 is 24.7 Å². The number of rotatable bonds is 8. The molecular weight excluding hydrogens is 260 g/mol. The van der Waals surface area contributed by atoms with Gasteiger partial charge in [0.05, 0.1) is 6.17 Å². The van der Waals surface area contributed by atoms with Gasteiger partial charge in [0.15, 0.2) is 0 Å². The van der Waals surface area contributed by atoms with Gasteiger partial charge in [-0.2, -0.15) is 0 Å². The summed E-state index contributed by atoms with van der Waals surface area (Å²) in [6.07, 6.45) is 3.97. The molecule has 1 fully saturated rings. The van der Waals surface area contributed by atoms with Crippen LogP contribution in [0.4, 0.5) is 0 Å². The second kappa shape index (κ2) is 8.34. The van der Waals surface area contributed by atoms with E-state index in [1.54, 1.807) is 0 Å². The van der Waals surface area contributed by atoms with Gasteiger partial charge in [0.2, 0.25) is 0 Å². The predicted octanol–water partition coefficient (Wildman–Crippen LogP) is 1.84. The van der Waals surface area contributed by atoms with Crippen molar-refractivity contribution in [2.45, 2.75) is 58.2 Å². The van der Waals surface area contributed by atoms with E-state index in [2.05, 4.69) is 0 Å². The molecule has 0 aromatic heterocycles. The molecule has 0 unspecified atom stereocenters. The zero-order chi connectivity index (χ0) is 14.3. The van der Waals surface area contributed by atoms with E-state index < -0.39 is 8.80 Å². The molecule has 114 valence electrons. The van der Waals surface area contributed by atoms with E-state index in [0.29, 0.717) is 31.3 Å². The van der Waals surface area contributed by atoms with Crippen LogP contribution >= 0.6 is 0 Å². The molecule has 1 aliphatic rings. The first-order valence-corrected chi connectivity index (χ1v) is 9.32. The van der Waals surface area contributed by atoms with Crippen LogP contribution in [0, 0.1) is 5.92 Å². The highest BCUT2D eigenvalue weighted by Gasteiger charge is 2.50. The molecule has 0 heterocycles. The van der Waals surface area contributed by atoms with Gasteiger partial charge in [-0.05, 0) is 52.4 Å². The molecule has 0 amide bonds. The minimum absolute atomic E-state index is 0.205. The van der Waals surface area contributed by atoms with E-state index in [9.17, 15) is 0 Å². The predicted molar refractivity (Wildman–Crippen MR) is 78.5 cm³/mol. The highest BCUT2D eigenvalue weighted by molar-refractivity contribution is 6.62. The van der Waals surface area contributed by atoms with E-state index in [1.807, 2.05) is 20.8 Å². The number of nitrogens with two attached hydrogens (primary N) is 2. The third-order valence-corrected chi connectivity index (χ3v) is 7.50. The second-order valence-corrected chi connectivity index (χ2v) is 7.98. The van der Waals surface area contributed by atoms with Crippen molar-refractivity contribution >= 4 is 8.80 Å². The summed E-state index contributed by atoms with van der Waals surface area (Å²) >= 11 is 0. The van der Waals surface area contributed by atoms with Gasteiger partial charge in [-0.25, -0.2) is 0 Å². The SMILES string of the molecule is CCO[Si](OCC)(OCC)C1CCC(C(N)N)CC1. The Kier molecular flexibility index (Phi) is 7.49. The quantitative estimate of drug-likeness (QED) is 0.527. The molecule has 1 rings (SSSR count). The van der Waals surface area contributed by atoms with E-state index in [0.717, 1.165) is 25.7 Å². The molecule has 19 heavy (non-hydrogen) atoms. The molecule has 5 nitrogen and oxygen atoms in total. The Labute approximate surface area is 118 Å². The zero-order valence-electron chi connectivity index (χ0n) is 12.6. The van der Waals surface area contributed by atoms with Crippen LogP contribution in [0.2, 0.25) is 5.54 Å². The van der Waals surface area contributed by atoms with Crippen molar-refractivity contribution in [3.05, 3.63) is 0 Å². The van der Waals surface area contributed by atoms with Crippen LogP contribution in [0.25, 0.3) is 0 Å². The molecule has 6 heteroatoms. The summed E-state index contributed by atoms with van der Waals surface area (Å²) in [5.74, 6) is 0.424. The fourth-order valence-electron chi connectivity index (χ4n) is 2.94. The van der Waals surface area contributed by atoms with Crippen molar-refractivity contribution in [1.82, 2.24) is 0 Å². The molecule has 0 atom stereocenters. The maximum atomic E-state index is 5.98. The van der Waals surface area contributed by atoms with Gasteiger partial charge in [0, 0.05) is 25.4 Å². The Hall–Kier alpha value is 0.0169. The van der Waals surface area contributed by atoms with Crippen LogP contribution < -0.4 is 11.5 Å². The highest BCUT2D eigenvalue weighted by atomic mass is 28.4. The van der Waals surface area contributed by atoms with Gasteiger partial charge in [0.25, 0.3) is 0 Å². The summed E-state index contributed by atoms with van der Waals surface area (Å²) in [5, 5.41) is 0. The van der Waals surface area contributed by atoms with Crippen LogP contribution in [0.5, 0.6) is 0 Å². The van der Waals surface area contributed by atoms with Crippen molar-refractivity contribution in [2.75, 3.05) is 19.8 Å². The maximum absolute atomic E-state index is 5.98. The van der Waals surface area contributed by atoms with Gasteiger partial charge in [0.1, 0.15) is 0 Å². The molecule has 0 saturated heterocycles. The fraction of sp³-hybridized carbons (Fsp3) is 1.00. The van der Waals surface area contributed by atoms with E-state index >= 15 is 0 Å². The lowest BCUT2D eigenvalue weighted by molar-refractivity contribution is 0.0532. The lowest BCUT2D eigenvalue weighted by Gasteiger charge is -2.39. The van der Waals surface area contributed by atoms with Crippen molar-refractivity contribution in [2.24, 2.45) is 17.4 Å². The highest BCUT2D eigenvalue weighted by Crippen LogP contribution is 2.41. The zero-order valence-corrected chi connectivity index (χ0v) is 13.6. The Morgan fingerprint density at radius 1 is 0.895 bits per heavy atom. The molecule has 4 N–H and O–H groups in total. The Bertz CT molecular complexity index is 229. The first-order chi connectivity index (χ1) is 9.09. The van der Waals surface area contributed by atoms with E-state index in [4.69, 9.17) is 24.7 Å². The third-order valence-electron chi connectivity index (χ3n) is 3.85. The maximum Gasteiger partial charge on any atom is 0.504 e. The summed E-state index contributed by atoms with van der Waals surface area (Å²) in [5.41, 5.74) is 12.0. The van der Waals surface area contributed by atoms with Crippen molar-refractivity contribution in [3.63, 3.8) is 0 Å². The van der Waals surface area contributed by atoms with Crippen LogP contribution in [0.1, 0.15) is 46.5 Å². The minimum atomic E-state index is -2.54. The Morgan fingerprint density at radius 2 is 1.32 bits per heavy atom. The monoisotopic (exact) mass is 290 g/mol. The van der Waals surface area contributed by atoms with Crippen LogP contribution in [0.3, 0.4) is 0 Å². The molecule has 1 saturated carbocycles. The fourth-order valence-corrected chi connectivity index (χ4v) is 6.14. The average Bonchev–Trinajstić information content (AvgIpc) is 2.39. The van der Waals surface area contributed by atoms with Crippen LogP contribution in [-0.4, -0.2) is 34.8 Å². The summed E-state index contributed by atoms with van der Waals surface area (Å²) in [6, 6.07) is 0. The minimum Gasteiger partial charge on any atom is -0.374 e. The normalized spacial score (nSPS) is 24.9. The van der Waals surface area contributed by atoms with Crippen LogP contribution in [0.15, 0.2) is 0 Å². The van der Waals surface area contributed by atoms with Gasteiger partial charge in [-0.1, -0.05) is 0 Å². The van der Waals surface area contributed by atoms with Crippen molar-refractivity contribution in [3.8, 4) is 0 Å². The average molecular weight is 290 g/mol. The lowest BCUT2D eigenvalue weighted by Crippen LogP contribution is -2.52. The Morgan fingerprint density at radius 3 is 1.63 bits per heavy atom. The first-order valence-electron chi connectivity index (χ1n) is 7.52. The van der Waals surface area contributed by atoms with Gasteiger partial charge in [-0.3, -0.25) is 0 Å². The molecule has 0 aromatic rings. The number of hydrogen-bond acceptors (Lipinski definition) is 5. The van der Waals surface area contributed by atoms with Crippen molar-refractivity contribution < 1.29 is 13.3 Å². The topological polar surface area (TPSA) is 79.7 Å². The van der Waals surface area contributed by atoms with Gasteiger partial charge >= 0.3 is 8.80 Å². The van der Waals surface area contributed by atoms with Gasteiger partial charge in [-0.15, -0.1) is 0 Å². The standard InChI is InChI=1S/C13H30N2O3Si/c1-4-16-19(17-5-2,18-6-3)12-9-7-11(8-10-12)13(14)15/h11-13H,4-10,14-15H2,1-3H3. The van der Waals surface area contributed by atoms with E-state index in [-0.39, 0.29) is 6.17 Å². The molecule has 1 aliphatic carbocycles. The molecule has 0 aromatic carbocycles. The summed E-state index contributed by atoms with van der Waals surface area (Å²) in [7, 11) is -2.54. The summed E-state index contributed by atoms with van der Waals surface area (Å²) in [4.78, 5) is 0. The molecule has 0 spiro atoms. The first kappa shape index (κ1) is 17.1. The molecule has 0 aliphatic heterocycles. The molecule has 0 bridgehead atoms. The lowest BCUT2D eigenvalue weighted by atomic mass is 9.87. The molecule has 0 radical (unpaired) electrons. The molecular formula is C13H30N2O3Si. The summed E-state index contributed by atoms with van der Waals surface area (Å²) in [6.45, 7) is 7.93. The van der Waals surface area contributed by atoms with Crippen molar-refractivity contribution in [1.29, 1.82) is 0 Å². The second-order valence-electron chi connectivity index (χ2n) is 5.09. The third kappa shape index (κ3) is 4.51. The number of hydrogen-bond donors (Lipinski definition) is 2.